The van der Waals surface area contributed by atoms with Crippen molar-refractivity contribution in [2.24, 2.45) is 5.92 Å². The van der Waals surface area contributed by atoms with Gasteiger partial charge in [0.2, 0.25) is 0 Å². The zero-order valence-electron chi connectivity index (χ0n) is 20.6. The first-order chi connectivity index (χ1) is 14.5. The Labute approximate surface area is 188 Å². The molecule has 1 fully saturated rings. The SMILES string of the molecule is Cc1cc(Cc2cc(C)c(OC(C)(C)C3CO3)c(C)c2)cc(C)c1CCC(O)C(C)C. The molecule has 0 spiro atoms. The predicted octanol–water partition coefficient (Wildman–Crippen LogP) is 6.02. The van der Waals surface area contributed by atoms with Gasteiger partial charge in [0.1, 0.15) is 17.5 Å². The number of rotatable bonds is 9. The van der Waals surface area contributed by atoms with E-state index in [0.29, 0.717) is 5.92 Å². The van der Waals surface area contributed by atoms with Crippen LogP contribution < -0.4 is 4.74 Å². The summed E-state index contributed by atoms with van der Waals surface area (Å²) in [5, 5.41) is 10.2. The molecule has 0 saturated carbocycles. The van der Waals surface area contributed by atoms with Crippen LogP contribution in [0, 0.1) is 33.6 Å². The van der Waals surface area contributed by atoms with Gasteiger partial charge in [-0.1, -0.05) is 38.1 Å². The molecule has 1 N–H and O–H groups in total. The molecular weight excluding hydrogens is 384 g/mol. The summed E-state index contributed by atoms with van der Waals surface area (Å²) in [6, 6.07) is 9.13. The number of benzene rings is 2. The second-order valence-corrected chi connectivity index (χ2v) is 10.3. The third kappa shape index (κ3) is 5.90. The topological polar surface area (TPSA) is 42.0 Å². The Morgan fingerprint density at radius 3 is 1.90 bits per heavy atom. The molecule has 3 rings (SSSR count). The second-order valence-electron chi connectivity index (χ2n) is 10.3. The van der Waals surface area contributed by atoms with Crippen LogP contribution in [0.5, 0.6) is 5.75 Å². The van der Waals surface area contributed by atoms with E-state index in [0.717, 1.165) is 31.6 Å². The lowest BCUT2D eigenvalue weighted by Crippen LogP contribution is -2.35. The monoisotopic (exact) mass is 424 g/mol. The highest BCUT2D eigenvalue weighted by molar-refractivity contribution is 5.46. The molecule has 31 heavy (non-hydrogen) atoms. The summed E-state index contributed by atoms with van der Waals surface area (Å²) in [5.74, 6) is 1.29. The van der Waals surface area contributed by atoms with Gasteiger partial charge in [-0.25, -0.2) is 0 Å². The van der Waals surface area contributed by atoms with Crippen molar-refractivity contribution >= 4 is 0 Å². The molecule has 1 aliphatic rings. The molecule has 1 aliphatic heterocycles. The van der Waals surface area contributed by atoms with Crippen molar-refractivity contribution in [2.45, 2.75) is 92.5 Å². The molecule has 2 aromatic rings. The first-order valence-electron chi connectivity index (χ1n) is 11.7. The van der Waals surface area contributed by atoms with Gasteiger partial charge in [0.25, 0.3) is 0 Å². The number of aliphatic hydroxyl groups is 1. The molecule has 2 unspecified atom stereocenters. The molecule has 3 heteroatoms. The fraction of sp³-hybridized carbons (Fsp3) is 0.571. The van der Waals surface area contributed by atoms with Crippen LogP contribution in [0.1, 0.15) is 73.1 Å². The minimum atomic E-state index is -0.301. The highest BCUT2D eigenvalue weighted by Gasteiger charge is 2.42. The van der Waals surface area contributed by atoms with E-state index in [2.05, 4.69) is 79.7 Å². The maximum atomic E-state index is 10.2. The van der Waals surface area contributed by atoms with Gasteiger partial charge in [-0.3, -0.25) is 0 Å². The van der Waals surface area contributed by atoms with Crippen LogP contribution in [0.25, 0.3) is 0 Å². The van der Waals surface area contributed by atoms with Gasteiger partial charge in [0.05, 0.1) is 12.7 Å². The normalized spacial score (nSPS) is 17.2. The highest BCUT2D eigenvalue weighted by atomic mass is 16.6. The van der Waals surface area contributed by atoms with Gasteiger partial charge in [-0.15, -0.1) is 0 Å². The highest BCUT2D eigenvalue weighted by Crippen LogP contribution is 2.34. The Morgan fingerprint density at radius 2 is 1.45 bits per heavy atom. The van der Waals surface area contributed by atoms with Crippen molar-refractivity contribution in [3.8, 4) is 5.75 Å². The van der Waals surface area contributed by atoms with E-state index in [1.165, 1.54) is 38.9 Å². The van der Waals surface area contributed by atoms with Gasteiger partial charge >= 0.3 is 0 Å². The standard InChI is InChI=1S/C28H40O3/c1-17(2)25(29)10-9-24-18(3)11-22(12-19(24)4)15-23-13-20(5)27(21(6)14-23)31-28(7,8)26-16-30-26/h11-14,17,25-26,29H,9-10,15-16H2,1-8H3. The molecule has 0 bridgehead atoms. The van der Waals surface area contributed by atoms with E-state index < -0.39 is 0 Å². The Balaban J connectivity index is 1.75. The molecule has 170 valence electrons. The van der Waals surface area contributed by atoms with Gasteiger partial charge < -0.3 is 14.6 Å². The molecule has 3 nitrogen and oxygen atoms in total. The van der Waals surface area contributed by atoms with Crippen molar-refractivity contribution in [2.75, 3.05) is 6.61 Å². The molecular formula is C28H40O3. The average molecular weight is 425 g/mol. The lowest BCUT2D eigenvalue weighted by Gasteiger charge is -2.27. The molecule has 1 heterocycles. The van der Waals surface area contributed by atoms with Crippen LogP contribution in [0.15, 0.2) is 24.3 Å². The lowest BCUT2D eigenvalue weighted by molar-refractivity contribution is 0.0728. The third-order valence-electron chi connectivity index (χ3n) is 6.62. The minimum absolute atomic E-state index is 0.192. The van der Waals surface area contributed by atoms with Gasteiger partial charge in [0.15, 0.2) is 0 Å². The average Bonchev–Trinajstić information content (AvgIpc) is 3.49. The zero-order chi connectivity index (χ0) is 22.9. The zero-order valence-corrected chi connectivity index (χ0v) is 20.6. The van der Waals surface area contributed by atoms with Crippen molar-refractivity contribution < 1.29 is 14.6 Å². The van der Waals surface area contributed by atoms with E-state index in [1.54, 1.807) is 0 Å². The summed E-state index contributed by atoms with van der Waals surface area (Å²) in [7, 11) is 0. The molecule has 2 aromatic carbocycles. The number of ether oxygens (including phenoxy) is 2. The number of hydrogen-bond acceptors (Lipinski definition) is 3. The maximum Gasteiger partial charge on any atom is 0.132 e. The number of hydrogen-bond donors (Lipinski definition) is 1. The Hall–Kier alpha value is -1.84. The Bertz CT molecular complexity index is 876. The van der Waals surface area contributed by atoms with E-state index >= 15 is 0 Å². The van der Waals surface area contributed by atoms with Crippen molar-refractivity contribution in [3.05, 3.63) is 63.2 Å². The van der Waals surface area contributed by atoms with Crippen molar-refractivity contribution in [1.29, 1.82) is 0 Å². The van der Waals surface area contributed by atoms with Crippen LogP contribution in [0.3, 0.4) is 0 Å². The van der Waals surface area contributed by atoms with E-state index in [4.69, 9.17) is 9.47 Å². The number of aryl methyl sites for hydroxylation is 4. The fourth-order valence-corrected chi connectivity index (χ4v) is 4.52. The van der Waals surface area contributed by atoms with Crippen LogP contribution >= 0.6 is 0 Å². The molecule has 0 amide bonds. The predicted molar refractivity (Wildman–Crippen MR) is 128 cm³/mol. The Kier molecular flexibility index (Phi) is 7.18. The largest absolute Gasteiger partial charge is 0.485 e. The van der Waals surface area contributed by atoms with E-state index in [1.807, 2.05) is 0 Å². The molecule has 0 radical (unpaired) electrons. The van der Waals surface area contributed by atoms with Crippen LogP contribution in [-0.2, 0) is 17.6 Å². The van der Waals surface area contributed by atoms with Crippen LogP contribution in [0.2, 0.25) is 0 Å². The fourth-order valence-electron chi connectivity index (χ4n) is 4.52. The number of aliphatic hydroxyl groups excluding tert-OH is 1. The summed E-state index contributed by atoms with van der Waals surface area (Å²) in [6.07, 6.45) is 2.62. The molecule has 0 aliphatic carbocycles. The minimum Gasteiger partial charge on any atom is -0.485 e. The van der Waals surface area contributed by atoms with E-state index in [9.17, 15) is 5.11 Å². The lowest BCUT2D eigenvalue weighted by atomic mass is 9.91. The smallest absolute Gasteiger partial charge is 0.132 e. The quantitative estimate of drug-likeness (QED) is 0.501. The molecule has 0 aromatic heterocycles. The third-order valence-corrected chi connectivity index (χ3v) is 6.62. The van der Waals surface area contributed by atoms with Crippen molar-refractivity contribution in [1.82, 2.24) is 0 Å². The number of epoxide rings is 1. The van der Waals surface area contributed by atoms with Gasteiger partial charge in [-0.05, 0) is 106 Å². The molecule has 1 saturated heterocycles. The summed E-state index contributed by atoms with van der Waals surface area (Å²) in [5.41, 5.74) is 8.73. The second kappa shape index (κ2) is 9.34. The maximum absolute atomic E-state index is 10.2. The first kappa shape index (κ1) is 23.8. The summed E-state index contributed by atoms with van der Waals surface area (Å²) in [4.78, 5) is 0. The summed E-state index contributed by atoms with van der Waals surface area (Å²) < 4.78 is 11.8. The first-order valence-corrected chi connectivity index (χ1v) is 11.7. The Morgan fingerprint density at radius 1 is 0.968 bits per heavy atom. The van der Waals surface area contributed by atoms with Crippen LogP contribution in [-0.4, -0.2) is 29.5 Å². The molecule has 2 atom stereocenters. The summed E-state index contributed by atoms with van der Waals surface area (Å²) >= 11 is 0. The van der Waals surface area contributed by atoms with Crippen molar-refractivity contribution in [3.63, 3.8) is 0 Å². The summed E-state index contributed by atoms with van der Waals surface area (Å²) in [6.45, 7) is 17.8. The van der Waals surface area contributed by atoms with Gasteiger partial charge in [0, 0.05) is 0 Å². The van der Waals surface area contributed by atoms with Gasteiger partial charge in [-0.2, -0.15) is 0 Å². The van der Waals surface area contributed by atoms with Crippen LogP contribution in [0.4, 0.5) is 0 Å². The van der Waals surface area contributed by atoms with E-state index in [-0.39, 0.29) is 17.8 Å².